The average Bonchev–Trinajstić information content (AvgIpc) is 2.79. The van der Waals surface area contributed by atoms with Crippen molar-refractivity contribution in [3.63, 3.8) is 0 Å². The van der Waals surface area contributed by atoms with Crippen LogP contribution in [-0.2, 0) is 12.3 Å². The lowest BCUT2D eigenvalue weighted by atomic mass is 10.0. The molecule has 0 heterocycles. The Hall–Kier alpha value is -4.02. The van der Waals surface area contributed by atoms with Gasteiger partial charge in [-0.05, 0) is 48.4 Å². The number of hydrogen-bond acceptors (Lipinski definition) is 1. The molecule has 0 amide bonds. The molecule has 0 spiro atoms. The first-order chi connectivity index (χ1) is 17.7. The van der Waals surface area contributed by atoms with Crippen molar-refractivity contribution >= 4 is 0 Å². The van der Waals surface area contributed by atoms with Crippen LogP contribution in [0.5, 0.6) is 5.75 Å². The van der Waals surface area contributed by atoms with Gasteiger partial charge in [-0.2, -0.15) is 22.0 Å². The van der Waals surface area contributed by atoms with E-state index in [0.29, 0.717) is 18.2 Å². The molecule has 0 saturated heterocycles. The molecule has 0 N–H and O–H groups in total. The predicted molar refractivity (Wildman–Crippen MR) is 118 cm³/mol. The predicted octanol–water partition coefficient (Wildman–Crippen LogP) is 9.17. The minimum Gasteiger partial charge on any atom is -0.429 e. The highest BCUT2D eigenvalue weighted by atomic mass is 19.4. The monoisotopic (exact) mass is 544 g/mol. The Labute approximate surface area is 208 Å². The Balaban J connectivity index is 1.63. The number of benzene rings is 4. The zero-order chi connectivity index (χ0) is 28.0. The number of halogens is 10. The smallest absolute Gasteiger partial charge is 0.429 e. The lowest BCUT2D eigenvalue weighted by Gasteiger charge is -2.20. The summed E-state index contributed by atoms with van der Waals surface area (Å²) < 4.78 is 144. The number of ether oxygens (including phenoxy) is 1. The Morgan fingerprint density at radius 1 is 0.579 bits per heavy atom. The van der Waals surface area contributed by atoms with Crippen molar-refractivity contribution < 1.29 is 48.6 Å². The average molecular weight is 544 g/mol. The van der Waals surface area contributed by atoms with Gasteiger partial charge in [0, 0.05) is 17.2 Å². The summed E-state index contributed by atoms with van der Waals surface area (Å²) in [7, 11) is 0. The first-order valence-corrected chi connectivity index (χ1v) is 10.7. The van der Waals surface area contributed by atoms with E-state index in [-0.39, 0.29) is 23.3 Å². The molecular weight excluding hydrogens is 530 g/mol. The van der Waals surface area contributed by atoms with E-state index >= 15 is 0 Å². The molecule has 4 aromatic rings. The molecule has 0 aromatic heterocycles. The van der Waals surface area contributed by atoms with Crippen LogP contribution in [0.4, 0.5) is 43.9 Å². The van der Waals surface area contributed by atoms with Crippen LogP contribution in [0.25, 0.3) is 22.3 Å². The fourth-order valence-electron chi connectivity index (χ4n) is 3.73. The summed E-state index contributed by atoms with van der Waals surface area (Å²) >= 11 is 0. The molecule has 11 heteroatoms. The molecule has 0 saturated carbocycles. The molecule has 0 aliphatic rings. The van der Waals surface area contributed by atoms with Gasteiger partial charge < -0.3 is 4.74 Å². The minimum absolute atomic E-state index is 0.229. The van der Waals surface area contributed by atoms with Crippen molar-refractivity contribution in [3.05, 3.63) is 113 Å². The molecule has 0 radical (unpaired) electrons. The third-order valence-corrected chi connectivity index (χ3v) is 5.58. The van der Waals surface area contributed by atoms with Crippen LogP contribution in [0.3, 0.4) is 0 Å². The maximum Gasteiger partial charge on any atom is 0.429 e. The molecule has 4 aromatic carbocycles. The van der Waals surface area contributed by atoms with Gasteiger partial charge >= 0.3 is 12.3 Å². The lowest BCUT2D eigenvalue weighted by Crippen LogP contribution is -2.24. The van der Waals surface area contributed by atoms with E-state index in [4.69, 9.17) is 0 Å². The van der Waals surface area contributed by atoms with Crippen LogP contribution < -0.4 is 4.74 Å². The van der Waals surface area contributed by atoms with Crippen LogP contribution >= 0.6 is 0 Å². The summed E-state index contributed by atoms with van der Waals surface area (Å²) in [6, 6.07) is 9.95. The van der Waals surface area contributed by atoms with E-state index < -0.39 is 69.4 Å². The SMILES string of the molecule is Cc1ccc(-c2ccc(C(F)(F)Oc3ccc(-c4cc(F)c(C(F)(F)F)c(F)c4)c(F)c3)c(F)c2F)cc1. The maximum absolute atomic E-state index is 14.7. The topological polar surface area (TPSA) is 9.23 Å². The Kier molecular flexibility index (Phi) is 6.90. The maximum atomic E-state index is 14.7. The molecule has 0 fully saturated rings. The van der Waals surface area contributed by atoms with Crippen LogP contribution in [0.2, 0.25) is 0 Å². The van der Waals surface area contributed by atoms with Gasteiger partial charge in [-0.25, -0.2) is 22.0 Å². The summed E-state index contributed by atoms with van der Waals surface area (Å²) in [5.74, 6) is -9.76. The molecule has 0 bridgehead atoms. The van der Waals surface area contributed by atoms with Gasteiger partial charge in [-0.1, -0.05) is 35.9 Å². The quantitative estimate of drug-likeness (QED) is 0.228. The molecular formula is C27H14F10O. The Morgan fingerprint density at radius 3 is 1.71 bits per heavy atom. The zero-order valence-corrected chi connectivity index (χ0v) is 19.0. The van der Waals surface area contributed by atoms with Gasteiger partial charge in [0.05, 0.1) is 0 Å². The van der Waals surface area contributed by atoms with E-state index in [9.17, 15) is 43.9 Å². The van der Waals surface area contributed by atoms with Crippen molar-refractivity contribution in [2.45, 2.75) is 19.2 Å². The minimum atomic E-state index is -5.35. The first kappa shape index (κ1) is 27.0. The first-order valence-electron chi connectivity index (χ1n) is 10.7. The molecule has 38 heavy (non-hydrogen) atoms. The third kappa shape index (κ3) is 5.18. The molecule has 0 unspecified atom stereocenters. The second-order valence-corrected chi connectivity index (χ2v) is 8.23. The van der Waals surface area contributed by atoms with Crippen molar-refractivity contribution in [2.24, 2.45) is 0 Å². The molecule has 0 atom stereocenters. The Bertz CT molecular complexity index is 1490. The third-order valence-electron chi connectivity index (χ3n) is 5.58. The fraction of sp³-hybridized carbons (Fsp3) is 0.111. The van der Waals surface area contributed by atoms with Crippen LogP contribution in [0, 0.1) is 36.0 Å². The van der Waals surface area contributed by atoms with Crippen molar-refractivity contribution in [1.82, 2.24) is 0 Å². The van der Waals surface area contributed by atoms with Crippen molar-refractivity contribution in [1.29, 1.82) is 0 Å². The van der Waals surface area contributed by atoms with E-state index in [1.54, 1.807) is 19.1 Å². The van der Waals surface area contributed by atoms with Gasteiger partial charge in [-0.15, -0.1) is 0 Å². The van der Waals surface area contributed by atoms with Crippen LogP contribution in [0.1, 0.15) is 16.7 Å². The van der Waals surface area contributed by atoms with E-state index in [0.717, 1.165) is 17.7 Å². The van der Waals surface area contributed by atoms with E-state index in [1.165, 1.54) is 12.1 Å². The highest BCUT2D eigenvalue weighted by Crippen LogP contribution is 2.39. The van der Waals surface area contributed by atoms with Crippen LogP contribution in [-0.4, -0.2) is 0 Å². The van der Waals surface area contributed by atoms with Gasteiger partial charge in [0.1, 0.15) is 34.3 Å². The van der Waals surface area contributed by atoms with Crippen molar-refractivity contribution in [3.8, 4) is 28.0 Å². The molecule has 198 valence electrons. The van der Waals surface area contributed by atoms with Crippen LogP contribution in [0.15, 0.2) is 66.7 Å². The summed E-state index contributed by atoms with van der Waals surface area (Å²) in [6.07, 6.45) is -9.83. The Morgan fingerprint density at radius 2 is 1.16 bits per heavy atom. The highest BCUT2D eigenvalue weighted by Gasteiger charge is 2.40. The van der Waals surface area contributed by atoms with Crippen molar-refractivity contribution in [2.75, 3.05) is 0 Å². The van der Waals surface area contributed by atoms with Gasteiger partial charge in [0.25, 0.3) is 0 Å². The lowest BCUT2D eigenvalue weighted by molar-refractivity contribution is -0.187. The highest BCUT2D eigenvalue weighted by molar-refractivity contribution is 5.66. The summed E-state index contributed by atoms with van der Waals surface area (Å²) in [6.45, 7) is 1.76. The van der Waals surface area contributed by atoms with Gasteiger partial charge in [0.15, 0.2) is 11.6 Å². The zero-order valence-electron chi connectivity index (χ0n) is 19.0. The largest absolute Gasteiger partial charge is 0.429 e. The second kappa shape index (κ2) is 9.70. The number of alkyl halides is 5. The summed E-state index contributed by atoms with van der Waals surface area (Å²) in [5.41, 5.74) is -4.16. The molecule has 0 aliphatic heterocycles. The van der Waals surface area contributed by atoms with Gasteiger partial charge in [-0.3, -0.25) is 0 Å². The fourth-order valence-corrected chi connectivity index (χ4v) is 3.73. The standard InChI is InChI=1S/C27H14F10O/c1-13-2-4-14(5-3-13)18-8-9-19(25(32)24(18)31)27(36,37)38-16-6-7-17(20(28)12-16)15-10-21(29)23(22(30)11-15)26(33,34)35/h2-12H,1H3. The molecule has 1 nitrogen and oxygen atoms in total. The number of aryl methyl sites for hydroxylation is 1. The summed E-state index contributed by atoms with van der Waals surface area (Å²) in [4.78, 5) is 0. The van der Waals surface area contributed by atoms with E-state index in [1.807, 2.05) is 0 Å². The van der Waals surface area contributed by atoms with Gasteiger partial charge in [0.2, 0.25) is 0 Å². The second-order valence-electron chi connectivity index (χ2n) is 8.23. The molecule has 0 aliphatic carbocycles. The number of hydrogen-bond donors (Lipinski definition) is 0. The summed E-state index contributed by atoms with van der Waals surface area (Å²) in [5, 5.41) is 0. The van der Waals surface area contributed by atoms with E-state index in [2.05, 4.69) is 4.74 Å². The normalized spacial score (nSPS) is 12.1. The molecule has 4 rings (SSSR count). The number of rotatable bonds is 5.